The van der Waals surface area contributed by atoms with Crippen molar-refractivity contribution < 1.29 is 26.4 Å². The summed E-state index contributed by atoms with van der Waals surface area (Å²) in [5.74, 6) is -1.12. The van der Waals surface area contributed by atoms with E-state index in [2.05, 4.69) is 21.9 Å². The van der Waals surface area contributed by atoms with Crippen LogP contribution in [-0.2, 0) is 23.1 Å². The van der Waals surface area contributed by atoms with Crippen LogP contribution in [0.2, 0.25) is 0 Å². The Labute approximate surface area is 216 Å². The predicted octanol–water partition coefficient (Wildman–Crippen LogP) is 5.16. The third-order valence-electron chi connectivity index (χ3n) is 7.72. The molecule has 1 fully saturated rings. The second kappa shape index (κ2) is 11.1. The normalized spacial score (nSPS) is 22.6. The van der Waals surface area contributed by atoms with Crippen LogP contribution in [-0.4, -0.2) is 39.0 Å². The molecule has 2 N–H and O–H groups in total. The van der Waals surface area contributed by atoms with Crippen molar-refractivity contribution in [2.24, 2.45) is 11.8 Å². The van der Waals surface area contributed by atoms with E-state index in [0.717, 1.165) is 24.1 Å². The summed E-state index contributed by atoms with van der Waals surface area (Å²) in [6.45, 7) is 3.84. The number of carbonyl (C=O) groups excluding carboxylic acids is 1. The summed E-state index contributed by atoms with van der Waals surface area (Å²) in [5, 5.41) is 2.89. The molecule has 2 aromatic carbocycles. The van der Waals surface area contributed by atoms with Gasteiger partial charge in [-0.3, -0.25) is 9.69 Å². The Balaban J connectivity index is 1.35. The molecule has 37 heavy (non-hydrogen) atoms. The van der Waals surface area contributed by atoms with E-state index in [0.29, 0.717) is 24.9 Å². The third-order valence-corrected chi connectivity index (χ3v) is 9.15. The van der Waals surface area contributed by atoms with Gasteiger partial charge in [0, 0.05) is 31.2 Å². The lowest BCUT2D eigenvalue weighted by atomic mass is 9.81. The molecule has 1 heterocycles. The first-order valence-corrected chi connectivity index (χ1v) is 14.2. The zero-order valence-electron chi connectivity index (χ0n) is 21.1. The first-order valence-electron chi connectivity index (χ1n) is 12.8. The van der Waals surface area contributed by atoms with Crippen LogP contribution < -0.4 is 10.0 Å². The second-order valence-electron chi connectivity index (χ2n) is 10.1. The highest BCUT2D eigenvalue weighted by molar-refractivity contribution is 7.89. The van der Waals surface area contributed by atoms with E-state index >= 15 is 0 Å². The molecule has 2 aliphatic rings. The fraction of sp³-hybridized carbons (Fsp3) is 0.519. The van der Waals surface area contributed by atoms with Gasteiger partial charge < -0.3 is 5.32 Å². The Morgan fingerprint density at radius 3 is 2.32 bits per heavy atom. The summed E-state index contributed by atoms with van der Waals surface area (Å²) in [4.78, 5) is 15.3. The standard InChI is InChI=1S/C27H34F3N3O3S/c1-3-25-24-13-8-20(26(34)32-15-18-6-11-23(12-7-18)37(35,36)31-2)14-21(24)17-33(25)16-19-4-9-22(10-5-19)27(28,29)30/h6-8,11-14,19,22,25,31H,3-5,9-10,15-17H2,1-2H3,(H,32,34)/t19-,22-,25-/m0/s1. The van der Waals surface area contributed by atoms with E-state index in [9.17, 15) is 26.4 Å². The molecule has 10 heteroatoms. The number of nitrogens with zero attached hydrogens (tertiary/aromatic N) is 1. The topological polar surface area (TPSA) is 78.5 Å². The average Bonchev–Trinajstić information content (AvgIpc) is 3.23. The van der Waals surface area contributed by atoms with Crippen LogP contribution >= 0.6 is 0 Å². The number of hydrogen-bond acceptors (Lipinski definition) is 4. The molecule has 202 valence electrons. The third kappa shape index (κ3) is 6.35. The van der Waals surface area contributed by atoms with Gasteiger partial charge in [-0.05, 0) is 86.0 Å². The Morgan fingerprint density at radius 1 is 1.05 bits per heavy atom. The smallest absolute Gasteiger partial charge is 0.348 e. The summed E-state index contributed by atoms with van der Waals surface area (Å²) in [6, 6.07) is 12.3. The number of carbonyl (C=O) groups is 1. The van der Waals surface area contributed by atoms with Crippen LogP contribution in [0.15, 0.2) is 47.4 Å². The van der Waals surface area contributed by atoms with Gasteiger partial charge in [0.05, 0.1) is 10.8 Å². The van der Waals surface area contributed by atoms with Gasteiger partial charge in [-0.25, -0.2) is 13.1 Å². The molecule has 1 saturated carbocycles. The molecule has 0 bridgehead atoms. The fourth-order valence-electron chi connectivity index (χ4n) is 5.60. The lowest BCUT2D eigenvalue weighted by Gasteiger charge is -2.34. The highest BCUT2D eigenvalue weighted by atomic mass is 32.2. The average molecular weight is 538 g/mol. The van der Waals surface area contributed by atoms with Crippen molar-refractivity contribution in [1.82, 2.24) is 14.9 Å². The van der Waals surface area contributed by atoms with Gasteiger partial charge >= 0.3 is 6.18 Å². The van der Waals surface area contributed by atoms with Gasteiger partial charge in [0.1, 0.15) is 0 Å². The Kier molecular flexibility index (Phi) is 8.30. The maximum atomic E-state index is 13.0. The maximum Gasteiger partial charge on any atom is 0.391 e. The number of halogens is 3. The minimum Gasteiger partial charge on any atom is -0.348 e. The SMILES string of the molecule is CC[C@H]1c2ccc(C(=O)NCc3ccc(S(=O)(=O)NC)cc3)cc2CN1C[C@H]1CC[C@H](C(F)(F)F)CC1. The van der Waals surface area contributed by atoms with E-state index in [1.165, 1.54) is 24.7 Å². The van der Waals surface area contributed by atoms with Crippen LogP contribution in [0.25, 0.3) is 0 Å². The second-order valence-corrected chi connectivity index (χ2v) is 11.9. The van der Waals surface area contributed by atoms with E-state index in [1.807, 2.05) is 18.2 Å². The summed E-state index contributed by atoms with van der Waals surface area (Å²) in [5.41, 5.74) is 3.60. The molecule has 1 amide bonds. The van der Waals surface area contributed by atoms with Crippen LogP contribution in [0, 0.1) is 11.8 Å². The molecule has 0 saturated heterocycles. The molecular formula is C27H34F3N3O3S. The monoisotopic (exact) mass is 537 g/mol. The summed E-state index contributed by atoms with van der Waals surface area (Å²) < 4.78 is 65.1. The number of hydrogen-bond donors (Lipinski definition) is 2. The predicted molar refractivity (Wildman–Crippen MR) is 135 cm³/mol. The molecular weight excluding hydrogens is 503 g/mol. The van der Waals surface area contributed by atoms with E-state index in [4.69, 9.17) is 0 Å². The number of amides is 1. The maximum absolute atomic E-state index is 13.0. The van der Waals surface area contributed by atoms with E-state index in [1.54, 1.807) is 12.1 Å². The van der Waals surface area contributed by atoms with Gasteiger partial charge in [-0.2, -0.15) is 13.2 Å². The lowest BCUT2D eigenvalue weighted by Crippen LogP contribution is -2.33. The Hall–Kier alpha value is -2.43. The molecule has 4 rings (SSSR count). The van der Waals surface area contributed by atoms with Gasteiger partial charge in [0.25, 0.3) is 5.91 Å². The van der Waals surface area contributed by atoms with Gasteiger partial charge in [0.2, 0.25) is 10.0 Å². The van der Waals surface area contributed by atoms with E-state index < -0.39 is 22.1 Å². The van der Waals surface area contributed by atoms with Crippen molar-refractivity contribution in [3.63, 3.8) is 0 Å². The number of fused-ring (bicyclic) bond motifs is 1. The summed E-state index contributed by atoms with van der Waals surface area (Å²) in [7, 11) is -2.16. The number of benzene rings is 2. The van der Waals surface area contributed by atoms with Gasteiger partial charge in [-0.1, -0.05) is 25.1 Å². The molecule has 1 aliphatic heterocycles. The fourth-order valence-corrected chi connectivity index (χ4v) is 6.33. The van der Waals surface area contributed by atoms with Crippen molar-refractivity contribution in [3.05, 3.63) is 64.7 Å². The molecule has 0 aromatic heterocycles. The number of nitrogens with one attached hydrogen (secondary N) is 2. The van der Waals surface area contributed by atoms with Crippen molar-refractivity contribution in [2.45, 2.75) is 69.2 Å². The molecule has 1 aliphatic carbocycles. The zero-order chi connectivity index (χ0) is 26.8. The summed E-state index contributed by atoms with van der Waals surface area (Å²) >= 11 is 0. The van der Waals surface area contributed by atoms with Crippen molar-refractivity contribution >= 4 is 15.9 Å². The number of alkyl halides is 3. The van der Waals surface area contributed by atoms with E-state index in [-0.39, 0.29) is 42.1 Å². The van der Waals surface area contributed by atoms with Crippen LogP contribution in [0.1, 0.15) is 72.1 Å². The highest BCUT2D eigenvalue weighted by Crippen LogP contribution is 2.42. The van der Waals surface area contributed by atoms with Crippen LogP contribution in [0.3, 0.4) is 0 Å². The van der Waals surface area contributed by atoms with Gasteiger partial charge in [0.15, 0.2) is 0 Å². The van der Waals surface area contributed by atoms with Crippen LogP contribution in [0.4, 0.5) is 13.2 Å². The van der Waals surface area contributed by atoms with Crippen molar-refractivity contribution in [1.29, 1.82) is 0 Å². The number of rotatable bonds is 8. The Bertz CT molecular complexity index is 1210. The molecule has 0 unspecified atom stereocenters. The van der Waals surface area contributed by atoms with Crippen molar-refractivity contribution in [2.75, 3.05) is 13.6 Å². The first-order chi connectivity index (χ1) is 17.5. The minimum atomic E-state index is -4.09. The number of sulfonamides is 1. The first kappa shape index (κ1) is 27.6. The quantitative estimate of drug-likeness (QED) is 0.488. The lowest BCUT2D eigenvalue weighted by molar-refractivity contribution is -0.184. The molecule has 0 radical (unpaired) electrons. The molecule has 6 nitrogen and oxygen atoms in total. The molecule has 2 aromatic rings. The minimum absolute atomic E-state index is 0.159. The Morgan fingerprint density at radius 2 is 1.73 bits per heavy atom. The summed E-state index contributed by atoms with van der Waals surface area (Å²) in [6.07, 6.45) is -1.57. The molecule has 1 atom stereocenters. The highest BCUT2D eigenvalue weighted by Gasteiger charge is 2.42. The van der Waals surface area contributed by atoms with Gasteiger partial charge in [-0.15, -0.1) is 0 Å². The van der Waals surface area contributed by atoms with Crippen LogP contribution in [0.5, 0.6) is 0 Å². The zero-order valence-corrected chi connectivity index (χ0v) is 22.0. The molecule has 0 spiro atoms. The largest absolute Gasteiger partial charge is 0.391 e. The van der Waals surface area contributed by atoms with Crippen molar-refractivity contribution in [3.8, 4) is 0 Å².